The lowest BCUT2D eigenvalue weighted by Gasteiger charge is -2.14. The van der Waals surface area contributed by atoms with Crippen molar-refractivity contribution in [3.05, 3.63) is 53.6 Å². The molecule has 0 radical (unpaired) electrons. The topological polar surface area (TPSA) is 80.0 Å². The highest BCUT2D eigenvalue weighted by Crippen LogP contribution is 2.37. The first kappa shape index (κ1) is 18.3. The van der Waals surface area contributed by atoms with Gasteiger partial charge in [-0.05, 0) is 25.3 Å². The second kappa shape index (κ2) is 8.27. The van der Waals surface area contributed by atoms with Crippen molar-refractivity contribution in [1.29, 1.82) is 0 Å². The van der Waals surface area contributed by atoms with Crippen molar-refractivity contribution < 1.29 is 9.90 Å². The molecule has 1 saturated carbocycles. The van der Waals surface area contributed by atoms with Gasteiger partial charge >= 0.3 is 0 Å². The highest BCUT2D eigenvalue weighted by atomic mass is 16.3. The van der Waals surface area contributed by atoms with Crippen molar-refractivity contribution in [2.75, 3.05) is 6.54 Å². The van der Waals surface area contributed by atoms with Crippen LogP contribution >= 0.6 is 0 Å². The molecule has 1 aliphatic carbocycles. The van der Waals surface area contributed by atoms with Crippen LogP contribution in [0.2, 0.25) is 0 Å². The van der Waals surface area contributed by atoms with E-state index in [2.05, 4.69) is 27.6 Å². The van der Waals surface area contributed by atoms with E-state index in [4.69, 9.17) is 0 Å². The number of nitrogens with zero attached hydrogens (tertiary/aromatic N) is 3. The SMILES string of the molecule is Cc1ccc(/C=C/CC(=O)NC[C@H]2C[C@H](c3nncn3C)C[C@H]2O)cc1. The summed E-state index contributed by atoms with van der Waals surface area (Å²) >= 11 is 0. The fraction of sp³-hybridized carbons (Fsp3) is 0.450. The van der Waals surface area contributed by atoms with Gasteiger partial charge in [-0.15, -0.1) is 10.2 Å². The van der Waals surface area contributed by atoms with Crippen molar-refractivity contribution in [3.8, 4) is 0 Å². The Morgan fingerprint density at radius 2 is 2.12 bits per heavy atom. The van der Waals surface area contributed by atoms with Gasteiger partial charge in [-0.1, -0.05) is 42.0 Å². The van der Waals surface area contributed by atoms with Gasteiger partial charge in [-0.25, -0.2) is 0 Å². The van der Waals surface area contributed by atoms with E-state index in [9.17, 15) is 9.90 Å². The first-order valence-electron chi connectivity index (χ1n) is 9.05. The van der Waals surface area contributed by atoms with Gasteiger partial charge in [-0.3, -0.25) is 4.79 Å². The molecule has 1 aliphatic rings. The van der Waals surface area contributed by atoms with Gasteiger partial charge in [-0.2, -0.15) is 0 Å². The highest BCUT2D eigenvalue weighted by molar-refractivity contribution is 5.78. The number of carbonyl (C=O) groups excluding carboxylic acids is 1. The summed E-state index contributed by atoms with van der Waals surface area (Å²) in [4.78, 5) is 12.0. The molecule has 6 nitrogen and oxygen atoms in total. The molecule has 0 spiro atoms. The third kappa shape index (κ3) is 4.58. The number of aliphatic hydroxyl groups excluding tert-OH is 1. The predicted octanol–water partition coefficient (Wildman–Crippen LogP) is 2.20. The number of benzene rings is 1. The van der Waals surface area contributed by atoms with Crippen LogP contribution in [0.5, 0.6) is 0 Å². The Labute approximate surface area is 154 Å². The fourth-order valence-corrected chi connectivity index (χ4v) is 3.49. The van der Waals surface area contributed by atoms with Crippen LogP contribution in [0.15, 0.2) is 36.7 Å². The molecule has 2 N–H and O–H groups in total. The molecule has 1 aromatic carbocycles. The summed E-state index contributed by atoms with van der Waals surface area (Å²) in [7, 11) is 1.91. The monoisotopic (exact) mass is 354 g/mol. The van der Waals surface area contributed by atoms with E-state index in [1.807, 2.05) is 42.8 Å². The zero-order valence-electron chi connectivity index (χ0n) is 15.3. The van der Waals surface area contributed by atoms with E-state index in [0.29, 0.717) is 19.4 Å². The van der Waals surface area contributed by atoms with E-state index in [1.165, 1.54) is 5.56 Å². The first-order chi connectivity index (χ1) is 12.5. The largest absolute Gasteiger partial charge is 0.393 e. The number of rotatable bonds is 6. The molecule has 3 atom stereocenters. The number of hydrogen-bond acceptors (Lipinski definition) is 4. The van der Waals surface area contributed by atoms with Gasteiger partial charge in [0.15, 0.2) is 0 Å². The van der Waals surface area contributed by atoms with Crippen LogP contribution < -0.4 is 5.32 Å². The Hall–Kier alpha value is -2.47. The van der Waals surface area contributed by atoms with Crippen LogP contribution in [0.3, 0.4) is 0 Å². The van der Waals surface area contributed by atoms with Crippen LogP contribution in [0.25, 0.3) is 6.08 Å². The van der Waals surface area contributed by atoms with Gasteiger partial charge in [0, 0.05) is 31.8 Å². The lowest BCUT2D eigenvalue weighted by molar-refractivity contribution is -0.120. The van der Waals surface area contributed by atoms with Crippen molar-refractivity contribution in [2.45, 2.75) is 38.2 Å². The van der Waals surface area contributed by atoms with Gasteiger partial charge in [0.25, 0.3) is 0 Å². The zero-order valence-corrected chi connectivity index (χ0v) is 15.3. The molecule has 3 rings (SSSR count). The molecular formula is C20H26N4O2. The number of aryl methyl sites for hydroxylation is 2. The number of aromatic nitrogens is 3. The van der Waals surface area contributed by atoms with E-state index in [0.717, 1.165) is 17.8 Å². The summed E-state index contributed by atoms with van der Waals surface area (Å²) in [6, 6.07) is 8.17. The van der Waals surface area contributed by atoms with Crippen LogP contribution in [0.1, 0.15) is 42.1 Å². The van der Waals surface area contributed by atoms with Gasteiger partial charge in [0.05, 0.1) is 6.10 Å². The molecule has 1 fully saturated rings. The highest BCUT2D eigenvalue weighted by Gasteiger charge is 2.35. The quantitative estimate of drug-likeness (QED) is 0.833. The molecule has 0 aliphatic heterocycles. The molecule has 1 amide bonds. The summed E-state index contributed by atoms with van der Waals surface area (Å²) in [5.41, 5.74) is 2.30. The third-order valence-electron chi connectivity index (χ3n) is 5.02. The number of aliphatic hydroxyl groups is 1. The number of hydrogen-bond donors (Lipinski definition) is 2. The Morgan fingerprint density at radius 1 is 1.35 bits per heavy atom. The summed E-state index contributed by atoms with van der Waals surface area (Å²) in [5.74, 6) is 1.13. The maximum absolute atomic E-state index is 12.0. The molecule has 1 heterocycles. The molecule has 0 unspecified atom stereocenters. The Balaban J connectivity index is 1.44. The van der Waals surface area contributed by atoms with Crippen LogP contribution in [-0.2, 0) is 11.8 Å². The number of amides is 1. The maximum Gasteiger partial charge on any atom is 0.223 e. The number of carbonyl (C=O) groups is 1. The van der Waals surface area contributed by atoms with Crippen molar-refractivity contribution >= 4 is 12.0 Å². The van der Waals surface area contributed by atoms with Crippen molar-refractivity contribution in [2.24, 2.45) is 13.0 Å². The van der Waals surface area contributed by atoms with Crippen molar-refractivity contribution in [3.63, 3.8) is 0 Å². The smallest absolute Gasteiger partial charge is 0.223 e. The Bertz CT molecular complexity index is 766. The van der Waals surface area contributed by atoms with Crippen LogP contribution in [0.4, 0.5) is 0 Å². The van der Waals surface area contributed by atoms with Gasteiger partial charge in [0.1, 0.15) is 12.2 Å². The first-order valence-corrected chi connectivity index (χ1v) is 9.05. The maximum atomic E-state index is 12.0. The average Bonchev–Trinajstić information content (AvgIpc) is 3.20. The molecular weight excluding hydrogens is 328 g/mol. The van der Waals surface area contributed by atoms with Crippen LogP contribution in [0, 0.1) is 12.8 Å². The fourth-order valence-electron chi connectivity index (χ4n) is 3.49. The Morgan fingerprint density at radius 3 is 2.81 bits per heavy atom. The van der Waals surface area contributed by atoms with Crippen molar-refractivity contribution in [1.82, 2.24) is 20.1 Å². The minimum Gasteiger partial charge on any atom is -0.393 e. The third-order valence-corrected chi connectivity index (χ3v) is 5.02. The van der Waals surface area contributed by atoms with E-state index in [1.54, 1.807) is 6.33 Å². The minimum atomic E-state index is -0.417. The zero-order chi connectivity index (χ0) is 18.5. The molecule has 138 valence electrons. The summed E-state index contributed by atoms with van der Waals surface area (Å²) in [6.07, 6.45) is 6.90. The average molecular weight is 354 g/mol. The molecule has 6 heteroatoms. The van der Waals surface area contributed by atoms with E-state index < -0.39 is 6.10 Å². The second-order valence-electron chi connectivity index (χ2n) is 7.12. The van der Waals surface area contributed by atoms with Gasteiger partial charge in [0.2, 0.25) is 5.91 Å². The Kier molecular flexibility index (Phi) is 5.83. The normalized spacial score (nSPS) is 22.8. The molecule has 26 heavy (non-hydrogen) atoms. The molecule has 0 saturated heterocycles. The lowest BCUT2D eigenvalue weighted by atomic mass is 10.0. The standard InChI is InChI=1S/C20H26N4O2/c1-14-6-8-15(9-7-14)4-3-5-19(26)21-12-17-10-16(11-18(17)25)20-23-22-13-24(20)2/h3-4,6-9,13,16-18,25H,5,10-12H2,1-2H3,(H,21,26)/b4-3+/t16-,17+,18+/m0/s1. The summed E-state index contributed by atoms with van der Waals surface area (Å²) in [6.45, 7) is 2.54. The second-order valence-corrected chi connectivity index (χ2v) is 7.12. The molecule has 0 bridgehead atoms. The molecule has 1 aromatic heterocycles. The minimum absolute atomic E-state index is 0.0253. The lowest BCUT2D eigenvalue weighted by Crippen LogP contribution is -2.32. The van der Waals surface area contributed by atoms with Gasteiger partial charge < -0.3 is 15.0 Å². The molecule has 2 aromatic rings. The van der Waals surface area contributed by atoms with E-state index in [-0.39, 0.29) is 17.7 Å². The summed E-state index contributed by atoms with van der Waals surface area (Å²) in [5, 5.41) is 21.3. The predicted molar refractivity (Wildman–Crippen MR) is 100 cm³/mol. The summed E-state index contributed by atoms with van der Waals surface area (Å²) < 4.78 is 1.90. The van der Waals surface area contributed by atoms with Crippen LogP contribution in [-0.4, -0.2) is 38.4 Å². The van der Waals surface area contributed by atoms with E-state index >= 15 is 0 Å². The number of nitrogens with one attached hydrogen (secondary N) is 1.